The van der Waals surface area contributed by atoms with Crippen molar-refractivity contribution in [2.45, 2.75) is 45.3 Å². The van der Waals surface area contributed by atoms with Crippen molar-refractivity contribution in [3.63, 3.8) is 0 Å². The van der Waals surface area contributed by atoms with Gasteiger partial charge in [0.05, 0.1) is 5.69 Å². The summed E-state index contributed by atoms with van der Waals surface area (Å²) in [7, 11) is 0. The molecule has 0 radical (unpaired) electrons. The van der Waals surface area contributed by atoms with E-state index in [2.05, 4.69) is 35.4 Å². The highest BCUT2D eigenvalue weighted by Gasteiger charge is 2.22. The fourth-order valence-electron chi connectivity index (χ4n) is 4.88. The maximum atomic E-state index is 10.8. The standard InChI is InChI=1S/C31H30N4O3S/c36-29(37)16-13-22-11-14-25(15-12-22)38-21-24-9-7-23(8-10-24)19-35-18-3-1-5-26-31(35)39-30(33-26)27-20-34-17-4-2-6-28(34)32-27/h2,4,6-12,14-15,17,20H,1,3,5,13,16,18-19,21H2,(H,36,37). The van der Waals surface area contributed by atoms with Gasteiger partial charge in [-0.25, -0.2) is 9.97 Å². The number of hydrogen-bond acceptors (Lipinski definition) is 6. The van der Waals surface area contributed by atoms with E-state index in [0.29, 0.717) is 13.0 Å². The largest absolute Gasteiger partial charge is 0.489 e. The number of carboxylic acid groups (broad SMARTS) is 1. The number of rotatable bonds is 9. The van der Waals surface area contributed by atoms with Gasteiger partial charge in [0.25, 0.3) is 0 Å². The Labute approximate surface area is 231 Å². The predicted octanol–water partition coefficient (Wildman–Crippen LogP) is 6.40. The summed E-state index contributed by atoms with van der Waals surface area (Å²) in [6.07, 6.45) is 8.06. The van der Waals surface area contributed by atoms with E-state index in [1.54, 1.807) is 11.3 Å². The Bertz CT molecular complexity index is 1540. The molecule has 0 unspecified atom stereocenters. The van der Waals surface area contributed by atoms with E-state index in [0.717, 1.165) is 65.6 Å². The van der Waals surface area contributed by atoms with Crippen LogP contribution in [0, 0.1) is 0 Å². The Hall–Kier alpha value is -4.17. The van der Waals surface area contributed by atoms with Gasteiger partial charge < -0.3 is 19.1 Å². The molecule has 1 aliphatic rings. The number of carboxylic acids is 1. The van der Waals surface area contributed by atoms with Crippen LogP contribution in [0.2, 0.25) is 0 Å². The Morgan fingerprint density at radius 3 is 2.54 bits per heavy atom. The number of pyridine rings is 1. The number of anilines is 1. The minimum absolute atomic E-state index is 0.136. The fourth-order valence-corrected chi connectivity index (χ4v) is 5.97. The molecule has 1 aliphatic heterocycles. The van der Waals surface area contributed by atoms with Gasteiger partial charge in [0.1, 0.15) is 33.7 Å². The van der Waals surface area contributed by atoms with Crippen LogP contribution < -0.4 is 9.64 Å². The molecule has 0 amide bonds. The Morgan fingerprint density at radius 2 is 1.74 bits per heavy atom. The van der Waals surface area contributed by atoms with Gasteiger partial charge in [-0.1, -0.05) is 53.8 Å². The average molecular weight is 539 g/mol. The van der Waals surface area contributed by atoms with Crippen molar-refractivity contribution in [3.8, 4) is 16.5 Å². The summed E-state index contributed by atoms with van der Waals surface area (Å²) in [5, 5.41) is 11.1. The van der Waals surface area contributed by atoms with Crippen molar-refractivity contribution in [1.29, 1.82) is 0 Å². The molecule has 6 rings (SSSR count). The molecule has 0 atom stereocenters. The summed E-state index contributed by atoms with van der Waals surface area (Å²) in [5.41, 5.74) is 6.42. The van der Waals surface area contributed by atoms with Gasteiger partial charge in [-0.05, 0) is 66.6 Å². The molecule has 2 aromatic carbocycles. The number of ether oxygens (including phenoxy) is 1. The molecule has 4 heterocycles. The first-order chi connectivity index (χ1) is 19.1. The van der Waals surface area contributed by atoms with Gasteiger partial charge in [-0.2, -0.15) is 0 Å². The lowest BCUT2D eigenvalue weighted by atomic mass is 10.1. The van der Waals surface area contributed by atoms with E-state index in [4.69, 9.17) is 19.8 Å². The number of thiazole rings is 1. The number of fused-ring (bicyclic) bond motifs is 2. The summed E-state index contributed by atoms with van der Waals surface area (Å²) in [4.78, 5) is 23.0. The molecule has 7 nitrogen and oxygen atoms in total. The Morgan fingerprint density at radius 1 is 0.949 bits per heavy atom. The normalized spacial score (nSPS) is 13.3. The van der Waals surface area contributed by atoms with Crippen molar-refractivity contribution in [3.05, 3.63) is 102 Å². The quantitative estimate of drug-likeness (QED) is 0.234. The molecule has 1 N–H and O–H groups in total. The minimum Gasteiger partial charge on any atom is -0.489 e. The Balaban J connectivity index is 1.10. The lowest BCUT2D eigenvalue weighted by Gasteiger charge is -2.22. The molecule has 39 heavy (non-hydrogen) atoms. The van der Waals surface area contributed by atoms with E-state index in [1.165, 1.54) is 16.3 Å². The van der Waals surface area contributed by atoms with Crippen molar-refractivity contribution in [1.82, 2.24) is 14.4 Å². The van der Waals surface area contributed by atoms with Crippen LogP contribution in [-0.2, 0) is 30.8 Å². The van der Waals surface area contributed by atoms with E-state index < -0.39 is 5.97 Å². The third kappa shape index (κ3) is 5.96. The SMILES string of the molecule is O=C(O)CCc1ccc(OCc2ccc(CN3CCCCc4nc(-c5cn6ccccc6n5)sc43)cc2)cc1. The third-order valence-electron chi connectivity index (χ3n) is 6.99. The fraction of sp³-hybridized carbons (Fsp3) is 0.258. The van der Waals surface area contributed by atoms with Gasteiger partial charge in [-0.15, -0.1) is 0 Å². The molecular formula is C31H30N4O3S. The van der Waals surface area contributed by atoms with Crippen LogP contribution in [0.3, 0.4) is 0 Å². The number of hydrogen-bond donors (Lipinski definition) is 1. The van der Waals surface area contributed by atoms with Crippen LogP contribution in [0.4, 0.5) is 5.00 Å². The number of aryl methyl sites for hydroxylation is 2. The third-order valence-corrected chi connectivity index (χ3v) is 8.17. The smallest absolute Gasteiger partial charge is 0.303 e. The second-order valence-corrected chi connectivity index (χ2v) is 10.9. The minimum atomic E-state index is -0.782. The number of aromatic nitrogens is 3. The highest BCUT2D eigenvalue weighted by Crippen LogP contribution is 2.37. The zero-order valence-electron chi connectivity index (χ0n) is 21.6. The number of nitrogens with zero attached hydrogens (tertiary/aromatic N) is 4. The topological polar surface area (TPSA) is 80.0 Å². The van der Waals surface area contributed by atoms with Crippen molar-refractivity contribution < 1.29 is 14.6 Å². The number of carbonyl (C=O) groups is 1. The first-order valence-electron chi connectivity index (χ1n) is 13.3. The average Bonchev–Trinajstić information content (AvgIpc) is 3.54. The number of benzene rings is 2. The monoisotopic (exact) mass is 538 g/mol. The molecule has 8 heteroatoms. The van der Waals surface area contributed by atoms with Crippen LogP contribution in [0.15, 0.2) is 79.1 Å². The predicted molar refractivity (Wildman–Crippen MR) is 153 cm³/mol. The summed E-state index contributed by atoms with van der Waals surface area (Å²) in [6, 6.07) is 22.3. The molecule has 0 bridgehead atoms. The molecule has 5 aromatic rings. The van der Waals surface area contributed by atoms with Gasteiger partial charge in [-0.3, -0.25) is 4.79 Å². The van der Waals surface area contributed by atoms with E-state index in [-0.39, 0.29) is 6.42 Å². The molecule has 0 fully saturated rings. The maximum Gasteiger partial charge on any atom is 0.303 e. The molecule has 0 spiro atoms. The zero-order chi connectivity index (χ0) is 26.6. The first kappa shape index (κ1) is 25.1. The summed E-state index contributed by atoms with van der Waals surface area (Å²) in [6.45, 7) is 2.35. The molecular weight excluding hydrogens is 508 g/mol. The van der Waals surface area contributed by atoms with Crippen LogP contribution in [0.5, 0.6) is 5.75 Å². The van der Waals surface area contributed by atoms with Crippen LogP contribution in [-0.4, -0.2) is 32.0 Å². The second-order valence-electron chi connectivity index (χ2n) is 9.88. The summed E-state index contributed by atoms with van der Waals surface area (Å²) in [5.74, 6) is -0.00286. The van der Waals surface area contributed by atoms with Crippen LogP contribution in [0.25, 0.3) is 16.3 Å². The molecule has 0 aliphatic carbocycles. The van der Waals surface area contributed by atoms with E-state index in [1.807, 2.05) is 53.1 Å². The summed E-state index contributed by atoms with van der Waals surface area (Å²) >= 11 is 1.75. The molecule has 198 valence electrons. The first-order valence-corrected chi connectivity index (χ1v) is 14.1. The molecule has 0 saturated heterocycles. The van der Waals surface area contributed by atoms with Crippen molar-refractivity contribution in [2.24, 2.45) is 0 Å². The highest BCUT2D eigenvalue weighted by atomic mass is 32.1. The Kier molecular flexibility index (Phi) is 7.27. The highest BCUT2D eigenvalue weighted by molar-refractivity contribution is 7.19. The van der Waals surface area contributed by atoms with Crippen molar-refractivity contribution in [2.75, 3.05) is 11.4 Å². The lowest BCUT2D eigenvalue weighted by Crippen LogP contribution is -2.22. The van der Waals surface area contributed by atoms with Gasteiger partial charge in [0.2, 0.25) is 0 Å². The van der Waals surface area contributed by atoms with Crippen LogP contribution >= 0.6 is 11.3 Å². The van der Waals surface area contributed by atoms with Crippen LogP contribution in [0.1, 0.15) is 41.6 Å². The lowest BCUT2D eigenvalue weighted by molar-refractivity contribution is -0.136. The molecule has 3 aromatic heterocycles. The number of aliphatic carboxylic acids is 1. The van der Waals surface area contributed by atoms with Gasteiger partial charge in [0.15, 0.2) is 0 Å². The van der Waals surface area contributed by atoms with Gasteiger partial charge in [0, 0.05) is 31.9 Å². The zero-order valence-corrected chi connectivity index (χ0v) is 22.4. The number of imidazole rings is 1. The molecule has 0 saturated carbocycles. The summed E-state index contributed by atoms with van der Waals surface area (Å²) < 4.78 is 8.00. The van der Waals surface area contributed by atoms with Crippen molar-refractivity contribution >= 4 is 28.0 Å². The van der Waals surface area contributed by atoms with E-state index in [9.17, 15) is 4.79 Å². The maximum absolute atomic E-state index is 10.8. The second kappa shape index (κ2) is 11.3. The van der Waals surface area contributed by atoms with Gasteiger partial charge >= 0.3 is 5.97 Å². The van der Waals surface area contributed by atoms with E-state index >= 15 is 0 Å².